The van der Waals surface area contributed by atoms with E-state index in [1.807, 2.05) is 51.1 Å². The second-order valence-corrected chi connectivity index (χ2v) is 5.75. The highest BCUT2D eigenvalue weighted by Gasteiger charge is 2.26. The molecule has 1 amide bonds. The number of carbonyl (C=O) groups excluding carboxylic acids is 1. The lowest BCUT2D eigenvalue weighted by molar-refractivity contribution is -0.126. The summed E-state index contributed by atoms with van der Waals surface area (Å²) in [6, 6.07) is 9.40. The summed E-state index contributed by atoms with van der Waals surface area (Å²) in [4.78, 5) is 11.9. The molecule has 1 aromatic rings. The Hall–Kier alpha value is -1.55. The zero-order valence-electron chi connectivity index (χ0n) is 12.7. The minimum Gasteiger partial charge on any atom is -0.493 e. The molecule has 2 atom stereocenters. The molecule has 0 spiro atoms. The van der Waals surface area contributed by atoms with Crippen LogP contribution in [-0.4, -0.2) is 29.8 Å². The average Bonchev–Trinajstić information content (AvgIpc) is 2.43. The van der Waals surface area contributed by atoms with E-state index in [4.69, 9.17) is 4.74 Å². The fourth-order valence-corrected chi connectivity index (χ4v) is 1.46. The van der Waals surface area contributed by atoms with E-state index >= 15 is 0 Å². The van der Waals surface area contributed by atoms with Crippen LogP contribution in [0, 0.1) is 11.8 Å². The number of para-hydroxylation sites is 1. The Morgan fingerprint density at radius 1 is 1.30 bits per heavy atom. The summed E-state index contributed by atoms with van der Waals surface area (Å²) in [6.45, 7) is 7.95. The molecule has 0 aliphatic heterocycles. The van der Waals surface area contributed by atoms with E-state index in [1.165, 1.54) is 0 Å². The summed E-state index contributed by atoms with van der Waals surface area (Å²) < 4.78 is 5.54. The summed E-state index contributed by atoms with van der Waals surface area (Å²) in [6.07, 6.45) is 0. The van der Waals surface area contributed by atoms with Crippen LogP contribution >= 0.6 is 0 Å². The van der Waals surface area contributed by atoms with E-state index in [0.29, 0.717) is 6.61 Å². The first kappa shape index (κ1) is 16.5. The maximum atomic E-state index is 11.9. The first-order valence-electron chi connectivity index (χ1n) is 7.01. The number of hydrogen-bond donors (Lipinski definition) is 2. The third-order valence-electron chi connectivity index (χ3n) is 3.56. The predicted octanol–water partition coefficient (Wildman–Crippen LogP) is 2.22. The fraction of sp³-hybridized carbons (Fsp3) is 0.562. The van der Waals surface area contributed by atoms with Gasteiger partial charge in [0.1, 0.15) is 5.75 Å². The Morgan fingerprint density at radius 3 is 2.45 bits per heavy atom. The Labute approximate surface area is 121 Å². The topological polar surface area (TPSA) is 58.6 Å². The summed E-state index contributed by atoms with van der Waals surface area (Å²) in [5.74, 6) is 0.458. The van der Waals surface area contributed by atoms with E-state index in [1.54, 1.807) is 6.92 Å². The minimum atomic E-state index is -0.893. The van der Waals surface area contributed by atoms with E-state index in [0.717, 1.165) is 5.75 Å². The number of ether oxygens (including phenoxy) is 1. The molecule has 0 aliphatic carbocycles. The van der Waals surface area contributed by atoms with Crippen LogP contribution in [0.25, 0.3) is 0 Å². The third kappa shape index (κ3) is 5.21. The van der Waals surface area contributed by atoms with E-state index < -0.39 is 5.60 Å². The van der Waals surface area contributed by atoms with Crippen LogP contribution in [0.3, 0.4) is 0 Å². The molecule has 0 fully saturated rings. The van der Waals surface area contributed by atoms with Crippen molar-refractivity contribution in [2.45, 2.75) is 33.3 Å². The summed E-state index contributed by atoms with van der Waals surface area (Å²) in [5.41, 5.74) is -0.893. The zero-order valence-corrected chi connectivity index (χ0v) is 12.7. The van der Waals surface area contributed by atoms with Crippen molar-refractivity contribution in [1.29, 1.82) is 0 Å². The van der Waals surface area contributed by atoms with Crippen molar-refractivity contribution in [1.82, 2.24) is 5.32 Å². The van der Waals surface area contributed by atoms with E-state index in [2.05, 4.69) is 5.32 Å². The molecule has 0 aromatic heterocycles. The van der Waals surface area contributed by atoms with Gasteiger partial charge in [-0.05, 0) is 25.0 Å². The Kier molecular flexibility index (Phi) is 6.02. The first-order chi connectivity index (χ1) is 9.33. The molecule has 0 radical (unpaired) electrons. The quantitative estimate of drug-likeness (QED) is 0.804. The van der Waals surface area contributed by atoms with Crippen molar-refractivity contribution in [3.63, 3.8) is 0 Å². The van der Waals surface area contributed by atoms with Crippen LogP contribution in [-0.2, 0) is 4.79 Å². The summed E-state index contributed by atoms with van der Waals surface area (Å²) >= 11 is 0. The molecule has 1 aromatic carbocycles. The minimum absolute atomic E-state index is 0.0821. The zero-order chi connectivity index (χ0) is 15.2. The lowest BCUT2D eigenvalue weighted by atomic mass is 9.92. The molecule has 0 aliphatic rings. The highest BCUT2D eigenvalue weighted by Crippen LogP contribution is 2.15. The van der Waals surface area contributed by atoms with Gasteiger partial charge in [0.2, 0.25) is 5.91 Å². The summed E-state index contributed by atoms with van der Waals surface area (Å²) in [5, 5.41) is 12.9. The van der Waals surface area contributed by atoms with Gasteiger partial charge in [-0.2, -0.15) is 0 Å². The molecule has 0 bridgehead atoms. The van der Waals surface area contributed by atoms with Crippen LogP contribution in [0.2, 0.25) is 0 Å². The largest absolute Gasteiger partial charge is 0.493 e. The van der Waals surface area contributed by atoms with Gasteiger partial charge >= 0.3 is 0 Å². The van der Waals surface area contributed by atoms with Gasteiger partial charge < -0.3 is 15.2 Å². The van der Waals surface area contributed by atoms with Gasteiger partial charge in [-0.15, -0.1) is 0 Å². The van der Waals surface area contributed by atoms with Gasteiger partial charge in [-0.25, -0.2) is 0 Å². The van der Waals surface area contributed by atoms with Gasteiger partial charge in [0.05, 0.1) is 18.1 Å². The second kappa shape index (κ2) is 7.29. The monoisotopic (exact) mass is 279 g/mol. The van der Waals surface area contributed by atoms with Gasteiger partial charge in [0.25, 0.3) is 0 Å². The highest BCUT2D eigenvalue weighted by molar-refractivity contribution is 5.78. The Bertz CT molecular complexity index is 415. The number of carbonyl (C=O) groups is 1. The van der Waals surface area contributed by atoms with Crippen molar-refractivity contribution < 1.29 is 14.6 Å². The van der Waals surface area contributed by atoms with Crippen molar-refractivity contribution in [3.05, 3.63) is 30.3 Å². The second-order valence-electron chi connectivity index (χ2n) is 5.75. The van der Waals surface area contributed by atoms with Crippen LogP contribution in [0.4, 0.5) is 0 Å². The maximum Gasteiger partial charge on any atom is 0.226 e. The first-order valence-corrected chi connectivity index (χ1v) is 7.01. The lowest BCUT2D eigenvalue weighted by Crippen LogP contribution is -2.46. The van der Waals surface area contributed by atoms with Crippen LogP contribution < -0.4 is 10.1 Å². The Balaban J connectivity index is 2.36. The SMILES string of the molecule is CC(COc1ccccc1)C(=O)NCC(C)(O)C(C)C. The number of amides is 1. The number of nitrogens with one attached hydrogen (secondary N) is 1. The van der Waals surface area contributed by atoms with E-state index in [-0.39, 0.29) is 24.3 Å². The number of hydrogen-bond acceptors (Lipinski definition) is 3. The van der Waals surface area contributed by atoms with Crippen LogP contribution in [0.15, 0.2) is 30.3 Å². The molecule has 2 unspecified atom stereocenters. The van der Waals surface area contributed by atoms with Crippen LogP contribution in [0.1, 0.15) is 27.7 Å². The number of aliphatic hydroxyl groups is 1. The highest BCUT2D eigenvalue weighted by atomic mass is 16.5. The van der Waals surface area contributed by atoms with Crippen LogP contribution in [0.5, 0.6) is 5.75 Å². The molecule has 4 heteroatoms. The molecular formula is C16H25NO3. The molecule has 1 rings (SSSR count). The smallest absolute Gasteiger partial charge is 0.226 e. The molecule has 4 nitrogen and oxygen atoms in total. The lowest BCUT2D eigenvalue weighted by Gasteiger charge is -2.28. The fourth-order valence-electron chi connectivity index (χ4n) is 1.46. The van der Waals surface area contributed by atoms with Gasteiger partial charge in [0, 0.05) is 6.54 Å². The van der Waals surface area contributed by atoms with Crippen molar-refractivity contribution >= 4 is 5.91 Å². The standard InChI is InChI=1S/C16H25NO3/c1-12(2)16(4,19)11-17-15(18)13(3)10-20-14-8-6-5-7-9-14/h5-9,12-13,19H,10-11H2,1-4H3,(H,17,18). The average molecular weight is 279 g/mol. The normalized spacial score (nSPS) is 15.5. The van der Waals surface area contributed by atoms with Crippen molar-refractivity contribution in [2.24, 2.45) is 11.8 Å². The molecule has 0 saturated carbocycles. The maximum absolute atomic E-state index is 11.9. The molecule has 0 saturated heterocycles. The molecule has 0 heterocycles. The third-order valence-corrected chi connectivity index (χ3v) is 3.56. The van der Waals surface area contributed by atoms with E-state index in [9.17, 15) is 9.90 Å². The molecule has 2 N–H and O–H groups in total. The molecular weight excluding hydrogens is 254 g/mol. The predicted molar refractivity (Wildman–Crippen MR) is 79.6 cm³/mol. The number of rotatable bonds is 7. The summed E-state index contributed by atoms with van der Waals surface area (Å²) in [7, 11) is 0. The molecule has 20 heavy (non-hydrogen) atoms. The van der Waals surface area contributed by atoms with Gasteiger partial charge in [0.15, 0.2) is 0 Å². The van der Waals surface area contributed by atoms with Crippen molar-refractivity contribution in [3.8, 4) is 5.75 Å². The van der Waals surface area contributed by atoms with Crippen molar-refractivity contribution in [2.75, 3.05) is 13.2 Å². The van der Waals surface area contributed by atoms with Gasteiger partial charge in [-0.3, -0.25) is 4.79 Å². The number of benzene rings is 1. The molecule has 112 valence electrons. The Morgan fingerprint density at radius 2 is 1.90 bits per heavy atom. The van der Waals surface area contributed by atoms with Gasteiger partial charge in [-0.1, -0.05) is 39.0 Å².